The molecule has 0 spiro atoms. The second-order valence-corrected chi connectivity index (χ2v) is 5.63. The van der Waals surface area contributed by atoms with E-state index in [9.17, 15) is 4.79 Å². The molecule has 4 nitrogen and oxygen atoms in total. The summed E-state index contributed by atoms with van der Waals surface area (Å²) in [7, 11) is 1.67. The predicted octanol–water partition coefficient (Wildman–Crippen LogP) is 4.11. The summed E-state index contributed by atoms with van der Waals surface area (Å²) in [5, 5.41) is 8.67. The van der Waals surface area contributed by atoms with Gasteiger partial charge in [-0.05, 0) is 38.8 Å². The van der Waals surface area contributed by atoms with Crippen LogP contribution in [0.5, 0.6) is 5.75 Å². The number of anilines is 1. The van der Waals surface area contributed by atoms with E-state index < -0.39 is 5.97 Å². The smallest absolute Gasteiger partial charge is 0.303 e. The van der Waals surface area contributed by atoms with E-state index in [1.165, 1.54) is 5.57 Å². The van der Waals surface area contributed by atoms with E-state index in [0.717, 1.165) is 43.8 Å². The topological polar surface area (TPSA) is 49.8 Å². The zero-order valence-corrected chi connectivity index (χ0v) is 13.8. The van der Waals surface area contributed by atoms with Gasteiger partial charge in [-0.15, -0.1) is 0 Å². The van der Waals surface area contributed by atoms with Crippen molar-refractivity contribution in [1.82, 2.24) is 0 Å². The van der Waals surface area contributed by atoms with E-state index in [2.05, 4.69) is 30.9 Å². The molecule has 4 heteroatoms. The molecule has 122 valence electrons. The average Bonchev–Trinajstić information content (AvgIpc) is 2.49. The van der Waals surface area contributed by atoms with E-state index in [1.54, 1.807) is 7.11 Å². The van der Waals surface area contributed by atoms with Crippen LogP contribution in [-0.2, 0) is 4.79 Å². The summed E-state index contributed by atoms with van der Waals surface area (Å²) in [5.41, 5.74) is 2.42. The number of nitrogens with zero attached hydrogens (tertiary/aromatic N) is 1. The lowest BCUT2D eigenvalue weighted by atomic mass is 10.1. The van der Waals surface area contributed by atoms with Gasteiger partial charge in [-0.3, -0.25) is 4.79 Å². The fourth-order valence-corrected chi connectivity index (χ4v) is 2.18. The molecular formula is C18H27NO3. The number of aliphatic carboxylic acids is 1. The van der Waals surface area contributed by atoms with Crippen LogP contribution >= 0.6 is 0 Å². The quantitative estimate of drug-likeness (QED) is 0.522. The third-order valence-corrected chi connectivity index (χ3v) is 3.46. The van der Waals surface area contributed by atoms with Crippen molar-refractivity contribution < 1.29 is 14.6 Å². The molecule has 0 heterocycles. The van der Waals surface area contributed by atoms with Crippen molar-refractivity contribution in [2.24, 2.45) is 0 Å². The fourth-order valence-electron chi connectivity index (χ4n) is 2.18. The van der Waals surface area contributed by atoms with Crippen molar-refractivity contribution >= 4 is 11.7 Å². The van der Waals surface area contributed by atoms with Crippen molar-refractivity contribution in [2.45, 2.75) is 39.5 Å². The maximum atomic E-state index is 10.5. The van der Waals surface area contributed by atoms with Gasteiger partial charge in [0.1, 0.15) is 5.75 Å². The van der Waals surface area contributed by atoms with E-state index in [0.29, 0.717) is 0 Å². The SMILES string of the molecule is COc1cccc(N(CC=C(C)C)CCCCCC(=O)O)c1. The zero-order chi connectivity index (χ0) is 16.4. The van der Waals surface area contributed by atoms with Crippen LogP contribution in [0.2, 0.25) is 0 Å². The molecule has 0 saturated carbocycles. The lowest BCUT2D eigenvalue weighted by Crippen LogP contribution is -2.24. The molecule has 0 atom stereocenters. The number of ether oxygens (including phenoxy) is 1. The van der Waals surface area contributed by atoms with E-state index in [4.69, 9.17) is 9.84 Å². The monoisotopic (exact) mass is 305 g/mol. The van der Waals surface area contributed by atoms with Gasteiger partial charge in [-0.2, -0.15) is 0 Å². The second kappa shape index (κ2) is 9.87. The first-order chi connectivity index (χ1) is 10.5. The predicted molar refractivity (Wildman–Crippen MR) is 90.7 cm³/mol. The van der Waals surface area contributed by atoms with E-state index in [-0.39, 0.29) is 6.42 Å². The van der Waals surface area contributed by atoms with Crippen molar-refractivity contribution in [3.8, 4) is 5.75 Å². The number of allylic oxidation sites excluding steroid dienone is 1. The van der Waals surface area contributed by atoms with E-state index >= 15 is 0 Å². The van der Waals surface area contributed by atoms with Crippen molar-refractivity contribution in [3.63, 3.8) is 0 Å². The highest BCUT2D eigenvalue weighted by atomic mass is 16.5. The first-order valence-electron chi connectivity index (χ1n) is 7.77. The summed E-state index contributed by atoms with van der Waals surface area (Å²) in [6.45, 7) is 5.96. The number of unbranched alkanes of at least 4 members (excludes halogenated alkanes) is 2. The number of hydrogen-bond acceptors (Lipinski definition) is 3. The summed E-state index contributed by atoms with van der Waals surface area (Å²) < 4.78 is 5.29. The maximum absolute atomic E-state index is 10.5. The number of carboxylic acid groups (broad SMARTS) is 1. The number of methoxy groups -OCH3 is 1. The highest BCUT2D eigenvalue weighted by Gasteiger charge is 2.06. The molecule has 0 aliphatic rings. The normalized spacial score (nSPS) is 10.1. The summed E-state index contributed by atoms with van der Waals surface area (Å²) in [6.07, 6.45) is 5.12. The lowest BCUT2D eigenvalue weighted by molar-refractivity contribution is -0.137. The largest absolute Gasteiger partial charge is 0.497 e. The third-order valence-electron chi connectivity index (χ3n) is 3.46. The molecule has 1 aromatic rings. The minimum atomic E-state index is -0.714. The first-order valence-corrected chi connectivity index (χ1v) is 7.77. The minimum absolute atomic E-state index is 0.257. The van der Waals surface area contributed by atoms with Crippen LogP contribution in [0.1, 0.15) is 39.5 Å². The molecule has 0 amide bonds. The van der Waals surface area contributed by atoms with Gasteiger partial charge >= 0.3 is 5.97 Å². The number of benzene rings is 1. The Morgan fingerprint density at radius 3 is 2.68 bits per heavy atom. The Hall–Kier alpha value is -1.97. The number of carbonyl (C=O) groups is 1. The van der Waals surface area contributed by atoms with Gasteiger partial charge in [0.2, 0.25) is 0 Å². The van der Waals surface area contributed by atoms with Crippen LogP contribution in [-0.4, -0.2) is 31.3 Å². The van der Waals surface area contributed by atoms with Crippen LogP contribution in [0, 0.1) is 0 Å². The Morgan fingerprint density at radius 1 is 1.27 bits per heavy atom. The molecule has 22 heavy (non-hydrogen) atoms. The Bertz CT molecular complexity index is 493. The van der Waals surface area contributed by atoms with Crippen molar-refractivity contribution in [1.29, 1.82) is 0 Å². The molecule has 0 unspecified atom stereocenters. The Morgan fingerprint density at radius 2 is 2.05 bits per heavy atom. The summed E-state index contributed by atoms with van der Waals surface area (Å²) in [4.78, 5) is 12.8. The van der Waals surface area contributed by atoms with Crippen LogP contribution in [0.25, 0.3) is 0 Å². The molecule has 1 aromatic carbocycles. The Labute approximate surface area is 133 Å². The number of carboxylic acids is 1. The first kappa shape index (κ1) is 18.1. The molecule has 0 fully saturated rings. The molecule has 0 aliphatic heterocycles. The average molecular weight is 305 g/mol. The van der Waals surface area contributed by atoms with Gasteiger partial charge in [-0.1, -0.05) is 24.1 Å². The number of hydrogen-bond donors (Lipinski definition) is 1. The molecule has 1 N–H and O–H groups in total. The molecule has 0 aromatic heterocycles. The standard InChI is InChI=1S/C18H27NO3/c1-15(2)11-13-19(12-6-4-5-10-18(20)21)16-8-7-9-17(14-16)22-3/h7-9,11,14H,4-6,10,12-13H2,1-3H3,(H,20,21). The van der Waals surface area contributed by atoms with Gasteiger partial charge in [-0.25, -0.2) is 0 Å². The molecule has 0 radical (unpaired) electrons. The van der Waals surface area contributed by atoms with Gasteiger partial charge in [0.05, 0.1) is 7.11 Å². The second-order valence-electron chi connectivity index (χ2n) is 5.63. The molecule has 0 aliphatic carbocycles. The number of rotatable bonds is 10. The summed E-state index contributed by atoms with van der Waals surface area (Å²) in [5.74, 6) is 0.139. The molecule has 0 bridgehead atoms. The van der Waals surface area contributed by atoms with Crippen LogP contribution in [0.4, 0.5) is 5.69 Å². The van der Waals surface area contributed by atoms with Gasteiger partial charge in [0.25, 0.3) is 0 Å². The van der Waals surface area contributed by atoms with Crippen LogP contribution in [0.3, 0.4) is 0 Å². The Balaban J connectivity index is 2.62. The van der Waals surface area contributed by atoms with Gasteiger partial charge in [0.15, 0.2) is 0 Å². The van der Waals surface area contributed by atoms with Crippen LogP contribution in [0.15, 0.2) is 35.9 Å². The summed E-state index contributed by atoms with van der Waals surface area (Å²) >= 11 is 0. The highest BCUT2D eigenvalue weighted by Crippen LogP contribution is 2.21. The fraction of sp³-hybridized carbons (Fsp3) is 0.500. The van der Waals surface area contributed by atoms with Gasteiger partial charge in [0, 0.05) is 31.3 Å². The van der Waals surface area contributed by atoms with Crippen molar-refractivity contribution in [3.05, 3.63) is 35.9 Å². The molecular weight excluding hydrogens is 278 g/mol. The van der Waals surface area contributed by atoms with Crippen molar-refractivity contribution in [2.75, 3.05) is 25.1 Å². The Kier molecular flexibility index (Phi) is 8.11. The van der Waals surface area contributed by atoms with Crippen LogP contribution < -0.4 is 9.64 Å². The summed E-state index contributed by atoms with van der Waals surface area (Å²) in [6, 6.07) is 8.05. The maximum Gasteiger partial charge on any atom is 0.303 e. The zero-order valence-electron chi connectivity index (χ0n) is 13.8. The minimum Gasteiger partial charge on any atom is -0.497 e. The van der Waals surface area contributed by atoms with E-state index in [1.807, 2.05) is 18.2 Å². The van der Waals surface area contributed by atoms with Gasteiger partial charge < -0.3 is 14.7 Å². The molecule has 1 rings (SSSR count). The highest BCUT2D eigenvalue weighted by molar-refractivity contribution is 5.66. The third kappa shape index (κ3) is 7.16. The molecule has 0 saturated heterocycles. The lowest BCUT2D eigenvalue weighted by Gasteiger charge is -2.24.